The summed E-state index contributed by atoms with van der Waals surface area (Å²) >= 11 is 0. The molecule has 1 aliphatic carbocycles. The third-order valence-electron chi connectivity index (χ3n) is 5.37. The molecule has 1 N–H and O–H groups in total. The highest BCUT2D eigenvalue weighted by atomic mass is 16.1. The second-order valence-electron chi connectivity index (χ2n) is 7.27. The lowest BCUT2D eigenvalue weighted by atomic mass is 9.92. The van der Waals surface area contributed by atoms with Gasteiger partial charge >= 0.3 is 0 Å². The van der Waals surface area contributed by atoms with E-state index in [0.29, 0.717) is 24.0 Å². The van der Waals surface area contributed by atoms with Crippen molar-refractivity contribution in [3.8, 4) is 6.07 Å². The van der Waals surface area contributed by atoms with Crippen molar-refractivity contribution in [2.45, 2.75) is 44.6 Å². The van der Waals surface area contributed by atoms with Crippen LogP contribution >= 0.6 is 0 Å². The minimum atomic E-state index is -0.0391. The van der Waals surface area contributed by atoms with Gasteiger partial charge < -0.3 is 4.57 Å². The van der Waals surface area contributed by atoms with Crippen molar-refractivity contribution in [2.75, 3.05) is 5.32 Å². The van der Waals surface area contributed by atoms with Crippen molar-refractivity contribution in [3.05, 3.63) is 59.7 Å². The van der Waals surface area contributed by atoms with Crippen LogP contribution in [0.1, 0.15) is 55.7 Å². The summed E-state index contributed by atoms with van der Waals surface area (Å²) in [5, 5.41) is 12.2. The lowest BCUT2D eigenvalue weighted by Crippen LogP contribution is -2.22. The monoisotopic (exact) mass is 358 g/mol. The Bertz CT molecular complexity index is 1010. The lowest BCUT2D eigenvalue weighted by Gasteiger charge is -2.29. The fraction of sp³-hybridized carbons (Fsp3) is 0.318. The van der Waals surface area contributed by atoms with E-state index >= 15 is 0 Å². The van der Waals surface area contributed by atoms with Gasteiger partial charge in [0.25, 0.3) is 0 Å². The Balaban J connectivity index is 1.59. The summed E-state index contributed by atoms with van der Waals surface area (Å²) < 4.78 is 2.10. The number of benzene rings is 2. The van der Waals surface area contributed by atoms with E-state index < -0.39 is 0 Å². The van der Waals surface area contributed by atoms with Gasteiger partial charge in [-0.1, -0.05) is 37.3 Å². The van der Waals surface area contributed by atoms with Crippen LogP contribution in [0.5, 0.6) is 0 Å². The molecule has 1 saturated carbocycles. The van der Waals surface area contributed by atoms with E-state index in [1.807, 2.05) is 42.5 Å². The molecule has 1 atom stereocenters. The van der Waals surface area contributed by atoms with Crippen LogP contribution in [0, 0.1) is 11.3 Å². The molecule has 5 nitrogen and oxygen atoms in total. The fourth-order valence-electron chi connectivity index (χ4n) is 3.62. The molecule has 0 aliphatic heterocycles. The first-order valence-electron chi connectivity index (χ1n) is 9.42. The minimum Gasteiger partial charge on any atom is -0.307 e. The highest BCUT2D eigenvalue weighted by Gasteiger charge is 2.26. The van der Waals surface area contributed by atoms with E-state index in [1.54, 1.807) is 6.07 Å². The Labute approximate surface area is 158 Å². The maximum absolute atomic E-state index is 12.7. The smallest absolute Gasteiger partial charge is 0.227 e. The molecule has 0 radical (unpaired) electrons. The molecule has 0 spiro atoms. The molecule has 136 valence electrons. The third kappa shape index (κ3) is 3.43. The number of nitrogens with zero attached hydrogens (tertiary/aromatic N) is 3. The summed E-state index contributed by atoms with van der Waals surface area (Å²) in [5.74, 6) is 0.690. The Hall–Kier alpha value is -3.13. The van der Waals surface area contributed by atoms with Gasteiger partial charge in [0.15, 0.2) is 0 Å². The van der Waals surface area contributed by atoms with Crippen LogP contribution in [0.25, 0.3) is 11.0 Å². The van der Waals surface area contributed by atoms with Gasteiger partial charge in [0.2, 0.25) is 11.9 Å². The SMILES string of the molecule is C[C@H](CC(=O)Nc1nc2ccc(C#N)cc2n1C1CCC1)c1ccccc1. The van der Waals surface area contributed by atoms with Gasteiger partial charge in [-0.15, -0.1) is 0 Å². The molecule has 0 unspecified atom stereocenters. The topological polar surface area (TPSA) is 70.7 Å². The molecule has 1 amide bonds. The summed E-state index contributed by atoms with van der Waals surface area (Å²) in [6.07, 6.45) is 3.74. The number of carbonyl (C=O) groups is 1. The number of fused-ring (bicyclic) bond motifs is 1. The Morgan fingerprint density at radius 2 is 2.07 bits per heavy atom. The average Bonchev–Trinajstić information content (AvgIpc) is 2.98. The number of imidazole rings is 1. The van der Waals surface area contributed by atoms with Crippen molar-refractivity contribution in [3.63, 3.8) is 0 Å². The molecular formula is C22H22N4O. The Morgan fingerprint density at radius 1 is 1.30 bits per heavy atom. The molecule has 2 aromatic carbocycles. The van der Waals surface area contributed by atoms with Crippen molar-refractivity contribution in [1.82, 2.24) is 9.55 Å². The maximum atomic E-state index is 12.7. The number of aromatic nitrogens is 2. The molecule has 1 heterocycles. The fourth-order valence-corrected chi connectivity index (χ4v) is 3.62. The molecule has 1 fully saturated rings. The van der Waals surface area contributed by atoms with E-state index in [9.17, 15) is 10.1 Å². The van der Waals surface area contributed by atoms with Gasteiger partial charge in [0.1, 0.15) is 0 Å². The Morgan fingerprint density at radius 3 is 2.74 bits per heavy atom. The van der Waals surface area contributed by atoms with Crippen LogP contribution in [-0.2, 0) is 4.79 Å². The van der Waals surface area contributed by atoms with E-state index in [1.165, 1.54) is 6.42 Å². The number of carbonyl (C=O) groups excluding carboxylic acids is 1. The van der Waals surface area contributed by atoms with Gasteiger partial charge in [-0.3, -0.25) is 10.1 Å². The van der Waals surface area contributed by atoms with E-state index in [0.717, 1.165) is 29.4 Å². The van der Waals surface area contributed by atoms with Gasteiger partial charge in [-0.25, -0.2) is 4.98 Å². The zero-order valence-electron chi connectivity index (χ0n) is 15.4. The lowest BCUT2D eigenvalue weighted by molar-refractivity contribution is -0.116. The normalized spacial score (nSPS) is 15.1. The number of nitrogens with one attached hydrogen (secondary N) is 1. The van der Waals surface area contributed by atoms with Crippen LogP contribution in [-0.4, -0.2) is 15.5 Å². The number of hydrogen-bond donors (Lipinski definition) is 1. The molecule has 3 aromatic rings. The van der Waals surface area contributed by atoms with Crippen LogP contribution in [0.4, 0.5) is 5.95 Å². The number of hydrogen-bond acceptors (Lipinski definition) is 3. The summed E-state index contributed by atoms with van der Waals surface area (Å²) in [4.78, 5) is 17.3. The second-order valence-corrected chi connectivity index (χ2v) is 7.27. The standard InChI is InChI=1S/C22H22N4O/c1-15(17-6-3-2-4-7-17)12-21(27)25-22-24-19-11-10-16(14-23)13-20(19)26(22)18-8-5-9-18/h2-4,6-7,10-11,13,15,18H,5,8-9,12H2,1H3,(H,24,25,27)/t15-/m1/s1. The molecular weight excluding hydrogens is 336 g/mol. The zero-order valence-corrected chi connectivity index (χ0v) is 15.4. The zero-order chi connectivity index (χ0) is 18.8. The Kier molecular flexibility index (Phi) is 4.64. The highest BCUT2D eigenvalue weighted by Crippen LogP contribution is 2.37. The van der Waals surface area contributed by atoms with Gasteiger partial charge in [0.05, 0.1) is 22.7 Å². The van der Waals surface area contributed by atoms with Crippen LogP contribution in [0.2, 0.25) is 0 Å². The number of amides is 1. The predicted octanol–water partition coefficient (Wildman–Crippen LogP) is 4.77. The van der Waals surface area contributed by atoms with E-state index in [4.69, 9.17) is 0 Å². The molecule has 1 aromatic heterocycles. The van der Waals surface area contributed by atoms with Gasteiger partial charge in [-0.2, -0.15) is 5.26 Å². The molecule has 27 heavy (non-hydrogen) atoms. The van der Waals surface area contributed by atoms with Crippen LogP contribution < -0.4 is 5.32 Å². The first-order chi connectivity index (χ1) is 13.2. The van der Waals surface area contributed by atoms with Crippen molar-refractivity contribution < 1.29 is 4.79 Å². The summed E-state index contributed by atoms with van der Waals surface area (Å²) in [6.45, 7) is 2.06. The maximum Gasteiger partial charge on any atom is 0.227 e. The summed E-state index contributed by atoms with van der Waals surface area (Å²) in [5.41, 5.74) is 3.50. The molecule has 4 rings (SSSR count). The summed E-state index contributed by atoms with van der Waals surface area (Å²) in [7, 11) is 0. The molecule has 1 aliphatic rings. The summed E-state index contributed by atoms with van der Waals surface area (Å²) in [6, 6.07) is 18.1. The number of rotatable bonds is 5. The highest BCUT2D eigenvalue weighted by molar-refractivity contribution is 5.92. The molecule has 0 saturated heterocycles. The van der Waals surface area contributed by atoms with E-state index in [2.05, 4.69) is 27.9 Å². The van der Waals surface area contributed by atoms with Crippen LogP contribution in [0.15, 0.2) is 48.5 Å². The second kappa shape index (κ2) is 7.24. The minimum absolute atomic E-state index is 0.0391. The molecule has 0 bridgehead atoms. The van der Waals surface area contributed by atoms with Crippen LogP contribution in [0.3, 0.4) is 0 Å². The quantitative estimate of drug-likeness (QED) is 0.714. The van der Waals surface area contributed by atoms with Gasteiger partial charge in [-0.05, 0) is 48.9 Å². The van der Waals surface area contributed by atoms with Crippen molar-refractivity contribution in [2.24, 2.45) is 0 Å². The van der Waals surface area contributed by atoms with Gasteiger partial charge in [0, 0.05) is 12.5 Å². The molecule has 5 heteroatoms. The average molecular weight is 358 g/mol. The number of nitriles is 1. The first kappa shape index (κ1) is 17.3. The largest absolute Gasteiger partial charge is 0.307 e. The third-order valence-corrected chi connectivity index (χ3v) is 5.37. The number of anilines is 1. The predicted molar refractivity (Wildman–Crippen MR) is 105 cm³/mol. The van der Waals surface area contributed by atoms with E-state index in [-0.39, 0.29) is 11.8 Å². The first-order valence-corrected chi connectivity index (χ1v) is 9.42. The van der Waals surface area contributed by atoms with Crippen molar-refractivity contribution >= 4 is 22.9 Å². The van der Waals surface area contributed by atoms with Crippen molar-refractivity contribution in [1.29, 1.82) is 5.26 Å².